The van der Waals surface area contributed by atoms with Crippen LogP contribution in [0.15, 0.2) is 22.9 Å². The number of hydrogen-bond donors (Lipinski definition) is 0. The van der Waals surface area contributed by atoms with Crippen LogP contribution in [-0.2, 0) is 0 Å². The van der Waals surface area contributed by atoms with E-state index < -0.39 is 0 Å². The molecule has 0 N–H and O–H groups in total. The van der Waals surface area contributed by atoms with E-state index in [9.17, 15) is 0 Å². The van der Waals surface area contributed by atoms with E-state index in [0.29, 0.717) is 0 Å². The first kappa shape index (κ1) is 9.97. The van der Waals surface area contributed by atoms with E-state index in [4.69, 9.17) is 0 Å². The fraction of sp³-hybridized carbons (Fsp3) is 0.545. The number of pyridine rings is 1. The van der Waals surface area contributed by atoms with Crippen LogP contribution in [0.4, 0.5) is 5.69 Å². The molecule has 0 saturated carbocycles. The van der Waals surface area contributed by atoms with Gasteiger partial charge in [-0.15, -0.1) is 0 Å². The van der Waals surface area contributed by atoms with Crippen molar-refractivity contribution in [1.82, 2.24) is 4.98 Å². The van der Waals surface area contributed by atoms with Gasteiger partial charge in [0.2, 0.25) is 0 Å². The molecular formula is C11H15BrN2. The summed E-state index contributed by atoms with van der Waals surface area (Å²) in [6, 6.07) is 2.08. The van der Waals surface area contributed by atoms with Gasteiger partial charge < -0.3 is 4.90 Å². The molecule has 1 saturated heterocycles. The lowest BCUT2D eigenvalue weighted by Gasteiger charge is -2.19. The van der Waals surface area contributed by atoms with Crippen molar-refractivity contribution in [1.29, 1.82) is 0 Å². The fourth-order valence-electron chi connectivity index (χ4n) is 1.95. The zero-order chi connectivity index (χ0) is 10.1. The van der Waals surface area contributed by atoms with Crippen LogP contribution < -0.4 is 4.90 Å². The Morgan fingerprint density at radius 1 is 1.36 bits per heavy atom. The molecule has 3 heteroatoms. The van der Waals surface area contributed by atoms with Crippen molar-refractivity contribution in [2.45, 2.75) is 13.8 Å². The van der Waals surface area contributed by atoms with Crippen molar-refractivity contribution < 1.29 is 0 Å². The highest BCUT2D eigenvalue weighted by atomic mass is 79.9. The summed E-state index contributed by atoms with van der Waals surface area (Å²) in [5.41, 5.74) is 1.27. The van der Waals surface area contributed by atoms with Crippen molar-refractivity contribution in [3.63, 3.8) is 0 Å². The molecule has 2 atom stereocenters. The zero-order valence-electron chi connectivity index (χ0n) is 8.57. The van der Waals surface area contributed by atoms with E-state index in [0.717, 1.165) is 29.4 Å². The van der Waals surface area contributed by atoms with Crippen LogP contribution in [0.5, 0.6) is 0 Å². The lowest BCUT2D eigenvalue weighted by molar-refractivity contribution is 0.494. The normalized spacial score (nSPS) is 26.9. The topological polar surface area (TPSA) is 16.1 Å². The van der Waals surface area contributed by atoms with E-state index in [1.165, 1.54) is 5.69 Å². The summed E-state index contributed by atoms with van der Waals surface area (Å²) < 4.78 is 1.10. The Kier molecular flexibility index (Phi) is 2.77. The van der Waals surface area contributed by atoms with Crippen molar-refractivity contribution in [3.05, 3.63) is 22.9 Å². The van der Waals surface area contributed by atoms with Crippen LogP contribution in [0, 0.1) is 11.8 Å². The molecule has 1 aromatic heterocycles. The lowest BCUT2D eigenvalue weighted by Crippen LogP contribution is -2.19. The second-order valence-corrected chi connectivity index (χ2v) is 5.04. The molecule has 1 aliphatic rings. The van der Waals surface area contributed by atoms with Gasteiger partial charge in [0, 0.05) is 25.5 Å². The second kappa shape index (κ2) is 3.89. The van der Waals surface area contributed by atoms with Crippen molar-refractivity contribution in [2.24, 2.45) is 11.8 Å². The highest BCUT2D eigenvalue weighted by molar-refractivity contribution is 9.10. The van der Waals surface area contributed by atoms with Crippen molar-refractivity contribution in [3.8, 4) is 0 Å². The van der Waals surface area contributed by atoms with Crippen LogP contribution in [0.3, 0.4) is 0 Å². The number of rotatable bonds is 1. The van der Waals surface area contributed by atoms with Gasteiger partial charge in [0.25, 0.3) is 0 Å². The molecule has 76 valence electrons. The van der Waals surface area contributed by atoms with Crippen LogP contribution >= 0.6 is 15.9 Å². The third-order valence-corrected chi connectivity index (χ3v) is 3.69. The molecule has 1 aromatic rings. The van der Waals surface area contributed by atoms with Gasteiger partial charge in [0.05, 0.1) is 10.2 Å². The summed E-state index contributed by atoms with van der Waals surface area (Å²) in [6.45, 7) is 6.95. The summed E-state index contributed by atoms with van der Waals surface area (Å²) in [7, 11) is 0. The van der Waals surface area contributed by atoms with Gasteiger partial charge in [-0.25, -0.2) is 0 Å². The molecule has 0 amide bonds. The standard InChI is InChI=1S/C11H15BrN2/c1-8-6-14(7-9(8)2)11-3-4-13-5-10(11)12/h3-5,8-9H,6-7H2,1-2H3. The first-order valence-corrected chi connectivity index (χ1v) is 5.82. The van der Waals surface area contributed by atoms with Gasteiger partial charge in [0.1, 0.15) is 0 Å². The second-order valence-electron chi connectivity index (χ2n) is 4.19. The quantitative estimate of drug-likeness (QED) is 0.767. The molecule has 2 unspecified atom stereocenters. The predicted molar refractivity (Wildman–Crippen MR) is 62.5 cm³/mol. The highest BCUT2D eigenvalue weighted by Gasteiger charge is 2.26. The monoisotopic (exact) mass is 254 g/mol. The van der Waals surface area contributed by atoms with Gasteiger partial charge in [-0.05, 0) is 33.8 Å². The third kappa shape index (κ3) is 1.78. The Bertz CT molecular complexity index is 317. The van der Waals surface area contributed by atoms with Crippen molar-refractivity contribution in [2.75, 3.05) is 18.0 Å². The average molecular weight is 255 g/mol. The molecule has 0 bridgehead atoms. The SMILES string of the molecule is CC1CN(c2ccncc2Br)CC1C. The minimum atomic E-state index is 0.787. The maximum absolute atomic E-state index is 4.08. The largest absolute Gasteiger partial charge is 0.370 e. The number of aromatic nitrogens is 1. The molecule has 2 heterocycles. The van der Waals surface area contributed by atoms with Crippen LogP contribution in [0.25, 0.3) is 0 Å². The van der Waals surface area contributed by atoms with Gasteiger partial charge in [-0.1, -0.05) is 13.8 Å². The molecule has 14 heavy (non-hydrogen) atoms. The molecule has 0 aromatic carbocycles. The van der Waals surface area contributed by atoms with Crippen LogP contribution in [-0.4, -0.2) is 18.1 Å². The molecule has 0 aliphatic carbocycles. The molecule has 2 rings (SSSR count). The zero-order valence-corrected chi connectivity index (χ0v) is 10.2. The molecule has 1 aliphatic heterocycles. The molecule has 0 spiro atoms. The smallest absolute Gasteiger partial charge is 0.0592 e. The predicted octanol–water partition coefficient (Wildman–Crippen LogP) is 2.94. The van der Waals surface area contributed by atoms with Gasteiger partial charge >= 0.3 is 0 Å². The van der Waals surface area contributed by atoms with Crippen molar-refractivity contribution >= 4 is 21.6 Å². The van der Waals surface area contributed by atoms with E-state index in [-0.39, 0.29) is 0 Å². The number of halogens is 1. The van der Waals surface area contributed by atoms with Crippen LogP contribution in [0.2, 0.25) is 0 Å². The van der Waals surface area contributed by atoms with E-state index in [2.05, 4.69) is 45.7 Å². The van der Waals surface area contributed by atoms with Crippen LogP contribution in [0.1, 0.15) is 13.8 Å². The Morgan fingerprint density at radius 3 is 2.57 bits per heavy atom. The Hall–Kier alpha value is -0.570. The number of anilines is 1. The summed E-state index contributed by atoms with van der Waals surface area (Å²) in [5, 5.41) is 0. The maximum Gasteiger partial charge on any atom is 0.0592 e. The van der Waals surface area contributed by atoms with Gasteiger partial charge in [0.15, 0.2) is 0 Å². The molecular weight excluding hydrogens is 240 g/mol. The van der Waals surface area contributed by atoms with Gasteiger partial charge in [-0.3, -0.25) is 4.98 Å². The minimum absolute atomic E-state index is 0.787. The average Bonchev–Trinajstić information content (AvgIpc) is 2.48. The summed E-state index contributed by atoms with van der Waals surface area (Å²) in [5.74, 6) is 1.57. The fourth-order valence-corrected chi connectivity index (χ4v) is 2.45. The number of nitrogens with zero attached hydrogens (tertiary/aromatic N) is 2. The molecule has 0 radical (unpaired) electrons. The first-order chi connectivity index (χ1) is 6.68. The summed E-state index contributed by atoms with van der Waals surface area (Å²) in [4.78, 5) is 6.51. The van der Waals surface area contributed by atoms with E-state index >= 15 is 0 Å². The number of hydrogen-bond acceptors (Lipinski definition) is 2. The Labute approximate surface area is 93.5 Å². The maximum atomic E-state index is 4.08. The summed E-state index contributed by atoms with van der Waals surface area (Å²) in [6.07, 6.45) is 3.72. The molecule has 1 fully saturated rings. The third-order valence-electron chi connectivity index (χ3n) is 3.08. The Balaban J connectivity index is 2.21. The molecule has 2 nitrogen and oxygen atoms in total. The summed E-state index contributed by atoms with van der Waals surface area (Å²) >= 11 is 3.54. The van der Waals surface area contributed by atoms with E-state index in [1.807, 2.05) is 12.4 Å². The Morgan fingerprint density at radius 2 is 2.00 bits per heavy atom. The first-order valence-electron chi connectivity index (χ1n) is 5.03. The highest BCUT2D eigenvalue weighted by Crippen LogP contribution is 2.31. The lowest BCUT2D eigenvalue weighted by atomic mass is 10.0. The van der Waals surface area contributed by atoms with E-state index in [1.54, 1.807) is 0 Å². The van der Waals surface area contributed by atoms with Gasteiger partial charge in [-0.2, -0.15) is 0 Å². The minimum Gasteiger partial charge on any atom is -0.370 e.